The van der Waals surface area contributed by atoms with E-state index in [4.69, 9.17) is 0 Å². The highest BCUT2D eigenvalue weighted by atomic mass is 15.2. The third-order valence-corrected chi connectivity index (χ3v) is 5.53. The Morgan fingerprint density at radius 2 is 1.76 bits per heavy atom. The number of hydrogen-bond acceptors (Lipinski definition) is 2. The van der Waals surface area contributed by atoms with Crippen LogP contribution in [0.25, 0.3) is 0 Å². The highest BCUT2D eigenvalue weighted by molar-refractivity contribution is 4.96. The van der Waals surface area contributed by atoms with Crippen LogP contribution in [0.5, 0.6) is 0 Å². The molecule has 0 amide bonds. The summed E-state index contributed by atoms with van der Waals surface area (Å²) >= 11 is 0. The van der Waals surface area contributed by atoms with Crippen molar-refractivity contribution >= 4 is 0 Å². The van der Waals surface area contributed by atoms with Crippen LogP contribution in [0.3, 0.4) is 0 Å². The molecule has 1 heterocycles. The Balaban J connectivity index is 1.93. The van der Waals surface area contributed by atoms with E-state index in [-0.39, 0.29) is 0 Å². The lowest BCUT2D eigenvalue weighted by Gasteiger charge is -2.49. The van der Waals surface area contributed by atoms with Gasteiger partial charge in [0.1, 0.15) is 0 Å². The first-order valence-electron chi connectivity index (χ1n) is 7.65. The van der Waals surface area contributed by atoms with Crippen LogP contribution in [0.15, 0.2) is 0 Å². The fourth-order valence-electron chi connectivity index (χ4n) is 3.68. The van der Waals surface area contributed by atoms with Crippen LogP contribution in [0.2, 0.25) is 0 Å². The molecule has 0 radical (unpaired) electrons. The molecule has 2 fully saturated rings. The van der Waals surface area contributed by atoms with Gasteiger partial charge in [-0.15, -0.1) is 0 Å². The molecule has 0 aromatic heterocycles. The second-order valence-corrected chi connectivity index (χ2v) is 6.33. The number of hydrogen-bond donors (Lipinski definition) is 1. The van der Waals surface area contributed by atoms with E-state index in [2.05, 4.69) is 31.0 Å². The van der Waals surface area contributed by atoms with Gasteiger partial charge in [-0.25, -0.2) is 0 Å². The number of nitrogens with zero attached hydrogens (tertiary/aromatic N) is 1. The summed E-state index contributed by atoms with van der Waals surface area (Å²) in [6.45, 7) is 12.1. The second-order valence-electron chi connectivity index (χ2n) is 6.33. The van der Waals surface area contributed by atoms with Crippen molar-refractivity contribution in [2.24, 2.45) is 5.41 Å². The molecule has 1 saturated heterocycles. The van der Waals surface area contributed by atoms with Crippen molar-refractivity contribution in [1.29, 1.82) is 0 Å². The Morgan fingerprint density at radius 3 is 2.24 bits per heavy atom. The monoisotopic (exact) mass is 238 g/mol. The normalized spacial score (nSPS) is 27.7. The molecule has 1 aliphatic heterocycles. The first kappa shape index (κ1) is 13.4. The molecule has 2 heteroatoms. The van der Waals surface area contributed by atoms with Gasteiger partial charge < -0.3 is 5.32 Å². The van der Waals surface area contributed by atoms with Crippen LogP contribution in [0, 0.1) is 5.41 Å². The van der Waals surface area contributed by atoms with E-state index in [1.54, 1.807) is 0 Å². The van der Waals surface area contributed by atoms with Crippen molar-refractivity contribution < 1.29 is 0 Å². The summed E-state index contributed by atoms with van der Waals surface area (Å²) in [4.78, 5) is 2.74. The molecule has 2 aliphatic rings. The summed E-state index contributed by atoms with van der Waals surface area (Å²) < 4.78 is 0. The maximum absolute atomic E-state index is 3.76. The van der Waals surface area contributed by atoms with Crippen molar-refractivity contribution in [2.45, 2.75) is 64.8 Å². The SMILES string of the molecule is CCC1(CN2CCNC(CC)(CC)C2)CCC1. The molecule has 1 saturated carbocycles. The minimum Gasteiger partial charge on any atom is -0.309 e. The average Bonchev–Trinajstić information content (AvgIpc) is 2.34. The lowest BCUT2D eigenvalue weighted by Crippen LogP contribution is -2.61. The van der Waals surface area contributed by atoms with Crippen LogP contribution in [0.4, 0.5) is 0 Å². The highest BCUT2D eigenvalue weighted by Crippen LogP contribution is 2.44. The van der Waals surface area contributed by atoms with E-state index < -0.39 is 0 Å². The molecule has 0 atom stereocenters. The number of rotatable bonds is 5. The summed E-state index contributed by atoms with van der Waals surface area (Å²) in [6.07, 6.45) is 8.31. The van der Waals surface area contributed by atoms with E-state index >= 15 is 0 Å². The van der Waals surface area contributed by atoms with Gasteiger partial charge in [0.25, 0.3) is 0 Å². The van der Waals surface area contributed by atoms with Gasteiger partial charge in [0.2, 0.25) is 0 Å². The molecule has 100 valence electrons. The van der Waals surface area contributed by atoms with Gasteiger partial charge in [0, 0.05) is 31.7 Å². The van der Waals surface area contributed by atoms with Crippen molar-refractivity contribution in [3.63, 3.8) is 0 Å². The van der Waals surface area contributed by atoms with E-state index in [1.165, 1.54) is 64.7 Å². The molecule has 1 N–H and O–H groups in total. The zero-order valence-electron chi connectivity index (χ0n) is 12.0. The van der Waals surface area contributed by atoms with Gasteiger partial charge in [-0.3, -0.25) is 4.90 Å². The van der Waals surface area contributed by atoms with Crippen LogP contribution < -0.4 is 5.32 Å². The molecule has 0 aromatic carbocycles. The van der Waals surface area contributed by atoms with Crippen molar-refractivity contribution in [3.05, 3.63) is 0 Å². The predicted molar refractivity (Wildman–Crippen MR) is 74.3 cm³/mol. The number of nitrogens with one attached hydrogen (secondary N) is 1. The topological polar surface area (TPSA) is 15.3 Å². The maximum Gasteiger partial charge on any atom is 0.0304 e. The van der Waals surface area contributed by atoms with Crippen LogP contribution in [-0.2, 0) is 0 Å². The Bertz CT molecular complexity index is 234. The van der Waals surface area contributed by atoms with E-state index in [1.807, 2.05) is 0 Å². The first-order valence-corrected chi connectivity index (χ1v) is 7.65. The van der Waals surface area contributed by atoms with E-state index in [0.29, 0.717) is 11.0 Å². The molecule has 0 unspecified atom stereocenters. The van der Waals surface area contributed by atoms with Gasteiger partial charge >= 0.3 is 0 Å². The summed E-state index contributed by atoms with van der Waals surface area (Å²) in [7, 11) is 0. The van der Waals surface area contributed by atoms with Gasteiger partial charge in [0.15, 0.2) is 0 Å². The quantitative estimate of drug-likeness (QED) is 0.792. The molecular weight excluding hydrogens is 208 g/mol. The number of piperazine rings is 1. The molecule has 1 aliphatic carbocycles. The zero-order chi connectivity index (χ0) is 12.4. The minimum atomic E-state index is 0.400. The molecule has 17 heavy (non-hydrogen) atoms. The van der Waals surface area contributed by atoms with Crippen LogP contribution >= 0.6 is 0 Å². The smallest absolute Gasteiger partial charge is 0.0304 e. The molecular formula is C15H30N2. The molecule has 0 spiro atoms. The zero-order valence-corrected chi connectivity index (χ0v) is 12.0. The second kappa shape index (κ2) is 5.27. The third-order valence-electron chi connectivity index (χ3n) is 5.53. The van der Waals surface area contributed by atoms with Gasteiger partial charge in [-0.2, -0.15) is 0 Å². The van der Waals surface area contributed by atoms with Gasteiger partial charge in [0.05, 0.1) is 0 Å². The lowest BCUT2D eigenvalue weighted by molar-refractivity contribution is 0.0285. The highest BCUT2D eigenvalue weighted by Gasteiger charge is 2.39. The Labute approximate surface area is 107 Å². The van der Waals surface area contributed by atoms with E-state index in [0.717, 1.165) is 0 Å². The molecule has 2 nitrogen and oxygen atoms in total. The first-order chi connectivity index (χ1) is 8.17. The summed E-state index contributed by atoms with van der Waals surface area (Å²) in [5.74, 6) is 0. The Hall–Kier alpha value is -0.0800. The van der Waals surface area contributed by atoms with E-state index in [9.17, 15) is 0 Å². The standard InChI is InChI=1S/C15H30N2/c1-4-14(8-7-9-14)12-17-11-10-16-15(5-2,6-3)13-17/h16H,4-13H2,1-3H3. The Kier molecular flexibility index (Phi) is 4.14. The summed E-state index contributed by atoms with van der Waals surface area (Å²) in [6, 6.07) is 0. The lowest BCUT2D eigenvalue weighted by atomic mass is 9.66. The van der Waals surface area contributed by atoms with Crippen LogP contribution in [-0.4, -0.2) is 36.6 Å². The summed E-state index contributed by atoms with van der Waals surface area (Å²) in [5, 5.41) is 3.76. The maximum atomic E-state index is 3.76. The van der Waals surface area contributed by atoms with Crippen LogP contribution in [0.1, 0.15) is 59.3 Å². The van der Waals surface area contributed by atoms with Gasteiger partial charge in [-0.05, 0) is 37.5 Å². The fourth-order valence-corrected chi connectivity index (χ4v) is 3.68. The largest absolute Gasteiger partial charge is 0.309 e. The fraction of sp³-hybridized carbons (Fsp3) is 1.00. The minimum absolute atomic E-state index is 0.400. The van der Waals surface area contributed by atoms with Crippen molar-refractivity contribution in [1.82, 2.24) is 10.2 Å². The molecule has 2 rings (SSSR count). The Morgan fingerprint density at radius 1 is 1.06 bits per heavy atom. The third kappa shape index (κ3) is 2.68. The predicted octanol–water partition coefficient (Wildman–Crippen LogP) is 3.03. The van der Waals surface area contributed by atoms with Crippen molar-refractivity contribution in [3.8, 4) is 0 Å². The molecule has 0 bridgehead atoms. The summed E-state index contributed by atoms with van der Waals surface area (Å²) in [5.41, 5.74) is 1.08. The van der Waals surface area contributed by atoms with Gasteiger partial charge in [-0.1, -0.05) is 27.2 Å². The van der Waals surface area contributed by atoms with Crippen molar-refractivity contribution in [2.75, 3.05) is 26.2 Å². The average molecular weight is 238 g/mol. The molecule has 0 aromatic rings.